The van der Waals surface area contributed by atoms with Gasteiger partial charge in [-0.2, -0.15) is 0 Å². The number of likely N-dealkylation sites (tertiary alicyclic amines) is 1. The largest absolute Gasteiger partial charge is 0.478 e. The quantitative estimate of drug-likeness (QED) is 0.897. The molecule has 0 radical (unpaired) electrons. The molecule has 1 atom stereocenters. The van der Waals surface area contributed by atoms with Gasteiger partial charge < -0.3 is 10.0 Å². The van der Waals surface area contributed by atoms with E-state index in [0.717, 1.165) is 38.6 Å². The summed E-state index contributed by atoms with van der Waals surface area (Å²) in [6, 6.07) is 1.70. The van der Waals surface area contributed by atoms with Crippen LogP contribution in [0, 0.1) is 0 Å². The summed E-state index contributed by atoms with van der Waals surface area (Å²) in [5.74, 6) is -1.16. The van der Waals surface area contributed by atoms with Gasteiger partial charge in [-0.25, -0.2) is 4.79 Å². The molecule has 1 N–H and O–H groups in total. The van der Waals surface area contributed by atoms with Crippen molar-refractivity contribution in [2.75, 3.05) is 6.54 Å². The van der Waals surface area contributed by atoms with Crippen molar-refractivity contribution in [1.82, 2.24) is 9.88 Å². The minimum Gasteiger partial charge on any atom is -0.478 e. The lowest BCUT2D eigenvalue weighted by molar-refractivity contribution is 0.0696. The predicted molar refractivity (Wildman–Crippen MR) is 74.8 cm³/mol. The maximum absolute atomic E-state index is 12.5. The van der Waals surface area contributed by atoms with Crippen molar-refractivity contribution >= 4 is 11.9 Å². The lowest BCUT2D eigenvalue weighted by Gasteiger charge is -2.24. The number of hydrogen-bond acceptors (Lipinski definition) is 3. The maximum Gasteiger partial charge on any atom is 0.337 e. The van der Waals surface area contributed by atoms with Gasteiger partial charge in [0.25, 0.3) is 5.91 Å². The van der Waals surface area contributed by atoms with Crippen molar-refractivity contribution in [3.8, 4) is 0 Å². The molecule has 5 nitrogen and oxygen atoms in total. The molecule has 1 aromatic rings. The number of carboxylic acid groups (broad SMARTS) is 1. The molecule has 2 heterocycles. The number of carbonyl (C=O) groups excluding carboxylic acids is 1. The Morgan fingerprint density at radius 1 is 1.40 bits per heavy atom. The van der Waals surface area contributed by atoms with Gasteiger partial charge in [0.2, 0.25) is 0 Å². The first-order valence-corrected chi connectivity index (χ1v) is 7.12. The summed E-state index contributed by atoms with van der Waals surface area (Å²) < 4.78 is 0. The zero-order valence-corrected chi connectivity index (χ0v) is 11.7. The summed E-state index contributed by atoms with van der Waals surface area (Å²) in [7, 11) is 0. The molecule has 1 amide bonds. The van der Waals surface area contributed by atoms with Crippen molar-refractivity contribution in [3.05, 3.63) is 29.6 Å². The third-order valence-electron chi connectivity index (χ3n) is 3.76. The first-order valence-electron chi connectivity index (χ1n) is 7.12. The van der Waals surface area contributed by atoms with Gasteiger partial charge in [0.1, 0.15) is 0 Å². The molecule has 0 aromatic carbocycles. The molecule has 2 rings (SSSR count). The second-order valence-electron chi connectivity index (χ2n) is 5.20. The molecule has 1 saturated heterocycles. The normalized spacial score (nSPS) is 18.2. The fraction of sp³-hybridized carbons (Fsp3) is 0.533. The molecule has 5 heteroatoms. The molecule has 0 unspecified atom stereocenters. The molecule has 20 heavy (non-hydrogen) atoms. The Kier molecular flexibility index (Phi) is 4.71. The summed E-state index contributed by atoms with van der Waals surface area (Å²) in [5.41, 5.74) is 0.424. The van der Waals surface area contributed by atoms with E-state index in [1.54, 1.807) is 0 Å². The van der Waals surface area contributed by atoms with Gasteiger partial charge in [0.05, 0.1) is 11.1 Å². The fourth-order valence-corrected chi connectivity index (χ4v) is 2.68. The van der Waals surface area contributed by atoms with Crippen LogP contribution in [0.25, 0.3) is 0 Å². The summed E-state index contributed by atoms with van der Waals surface area (Å²) in [6.07, 6.45) is 8.02. The average Bonchev–Trinajstić information content (AvgIpc) is 2.92. The number of hydrogen-bond donors (Lipinski definition) is 1. The number of pyridine rings is 1. The van der Waals surface area contributed by atoms with Gasteiger partial charge in [-0.15, -0.1) is 0 Å². The molecular weight excluding hydrogens is 256 g/mol. The number of carboxylic acids is 1. The molecule has 1 aliphatic heterocycles. The standard InChI is InChI=1S/C15H20N2O3/c1-2-3-5-13-6-4-7-17(13)14(18)11-8-12(15(19)20)10-16-9-11/h8-10,13H,2-7H2,1H3,(H,19,20)/t13-/m0/s1. The monoisotopic (exact) mass is 276 g/mol. The molecule has 108 valence electrons. The highest BCUT2D eigenvalue weighted by molar-refractivity contribution is 5.97. The number of unbranched alkanes of at least 4 members (excludes halogenated alkanes) is 1. The predicted octanol–water partition coefficient (Wildman–Crippen LogP) is 2.57. The van der Waals surface area contributed by atoms with E-state index < -0.39 is 5.97 Å². The molecule has 0 aliphatic carbocycles. The topological polar surface area (TPSA) is 70.5 Å². The second kappa shape index (κ2) is 6.50. The maximum atomic E-state index is 12.5. The van der Waals surface area contributed by atoms with Crippen molar-refractivity contribution < 1.29 is 14.7 Å². The van der Waals surface area contributed by atoms with Crippen LogP contribution >= 0.6 is 0 Å². The highest BCUT2D eigenvalue weighted by Crippen LogP contribution is 2.24. The summed E-state index contributed by atoms with van der Waals surface area (Å²) in [6.45, 7) is 2.89. The van der Waals surface area contributed by atoms with E-state index in [4.69, 9.17) is 5.11 Å². The van der Waals surface area contributed by atoms with Crippen LogP contribution in [0.15, 0.2) is 18.5 Å². The van der Waals surface area contributed by atoms with Crippen LogP contribution in [0.3, 0.4) is 0 Å². The van der Waals surface area contributed by atoms with Crippen molar-refractivity contribution in [1.29, 1.82) is 0 Å². The van der Waals surface area contributed by atoms with Gasteiger partial charge in [0, 0.05) is 25.0 Å². The molecule has 0 bridgehead atoms. The SMILES string of the molecule is CCCC[C@H]1CCCN1C(=O)c1cncc(C(=O)O)c1. The van der Waals surface area contributed by atoms with E-state index in [0.29, 0.717) is 5.56 Å². The number of aromatic carboxylic acids is 1. The Morgan fingerprint density at radius 3 is 2.85 bits per heavy atom. The Balaban J connectivity index is 2.13. The van der Waals surface area contributed by atoms with Crippen LogP contribution in [0.1, 0.15) is 59.7 Å². The summed E-state index contributed by atoms with van der Waals surface area (Å²) in [4.78, 5) is 29.2. The van der Waals surface area contributed by atoms with Crippen LogP contribution < -0.4 is 0 Å². The van der Waals surface area contributed by atoms with E-state index >= 15 is 0 Å². The minimum atomic E-state index is -1.06. The molecule has 0 spiro atoms. The number of aromatic nitrogens is 1. The Hall–Kier alpha value is -1.91. The minimum absolute atomic E-state index is 0.0557. The highest BCUT2D eigenvalue weighted by atomic mass is 16.4. The third kappa shape index (κ3) is 3.15. The lowest BCUT2D eigenvalue weighted by atomic mass is 10.1. The number of nitrogens with zero attached hydrogens (tertiary/aromatic N) is 2. The van der Waals surface area contributed by atoms with Crippen LogP contribution in [0.2, 0.25) is 0 Å². The fourth-order valence-electron chi connectivity index (χ4n) is 2.68. The molecular formula is C15H20N2O3. The zero-order chi connectivity index (χ0) is 14.5. The molecule has 1 fully saturated rings. The van der Waals surface area contributed by atoms with Crippen LogP contribution in [0.5, 0.6) is 0 Å². The first-order chi connectivity index (χ1) is 9.63. The van der Waals surface area contributed by atoms with Crippen molar-refractivity contribution in [2.45, 2.75) is 45.1 Å². The summed E-state index contributed by atoms with van der Waals surface area (Å²) >= 11 is 0. The van der Waals surface area contributed by atoms with Crippen LogP contribution in [-0.4, -0.2) is 39.5 Å². The number of amides is 1. The molecule has 0 saturated carbocycles. The lowest BCUT2D eigenvalue weighted by Crippen LogP contribution is -2.35. The average molecular weight is 276 g/mol. The van der Waals surface area contributed by atoms with Crippen LogP contribution in [0.4, 0.5) is 0 Å². The van der Waals surface area contributed by atoms with Gasteiger partial charge in [0.15, 0.2) is 0 Å². The Labute approximate surface area is 118 Å². The van der Waals surface area contributed by atoms with Crippen LogP contribution in [-0.2, 0) is 0 Å². The smallest absolute Gasteiger partial charge is 0.337 e. The summed E-state index contributed by atoms with van der Waals surface area (Å²) in [5, 5.41) is 8.96. The van der Waals surface area contributed by atoms with Crippen molar-refractivity contribution in [2.24, 2.45) is 0 Å². The number of carbonyl (C=O) groups is 2. The van der Waals surface area contributed by atoms with Gasteiger partial charge in [-0.3, -0.25) is 9.78 Å². The van der Waals surface area contributed by atoms with Gasteiger partial charge in [-0.1, -0.05) is 19.8 Å². The third-order valence-corrected chi connectivity index (χ3v) is 3.76. The van der Waals surface area contributed by atoms with Crippen molar-refractivity contribution in [3.63, 3.8) is 0 Å². The molecule has 1 aromatic heterocycles. The van der Waals surface area contributed by atoms with E-state index in [2.05, 4.69) is 11.9 Å². The van der Waals surface area contributed by atoms with E-state index in [1.807, 2.05) is 4.90 Å². The highest BCUT2D eigenvalue weighted by Gasteiger charge is 2.29. The van der Waals surface area contributed by atoms with Gasteiger partial charge >= 0.3 is 5.97 Å². The number of rotatable bonds is 5. The van der Waals surface area contributed by atoms with E-state index in [9.17, 15) is 9.59 Å². The Bertz CT molecular complexity index is 502. The zero-order valence-electron chi connectivity index (χ0n) is 11.7. The Morgan fingerprint density at radius 2 is 2.15 bits per heavy atom. The molecule has 1 aliphatic rings. The van der Waals surface area contributed by atoms with E-state index in [1.165, 1.54) is 18.5 Å². The first kappa shape index (κ1) is 14.5. The second-order valence-corrected chi connectivity index (χ2v) is 5.20. The van der Waals surface area contributed by atoms with Gasteiger partial charge in [-0.05, 0) is 25.3 Å². The van der Waals surface area contributed by atoms with E-state index in [-0.39, 0.29) is 17.5 Å².